The van der Waals surface area contributed by atoms with Gasteiger partial charge in [0.05, 0.1) is 12.5 Å². The third-order valence-corrected chi connectivity index (χ3v) is 6.32. The molecular formula is C32H32N2O4. The maximum absolute atomic E-state index is 12.9. The molecule has 0 saturated heterocycles. The Labute approximate surface area is 223 Å². The number of carboxylic acid groups (broad SMARTS) is 1. The molecular weight excluding hydrogens is 476 g/mol. The molecule has 0 fully saturated rings. The number of carbonyl (C=O) groups is 2. The number of rotatable bonds is 12. The van der Waals surface area contributed by atoms with Crippen molar-refractivity contribution in [3.8, 4) is 16.9 Å². The summed E-state index contributed by atoms with van der Waals surface area (Å²) in [6, 6.07) is 26.6. The first-order chi connectivity index (χ1) is 18.5. The third-order valence-electron chi connectivity index (χ3n) is 6.32. The van der Waals surface area contributed by atoms with Gasteiger partial charge < -0.3 is 15.2 Å². The van der Waals surface area contributed by atoms with Crippen molar-refractivity contribution in [2.45, 2.75) is 32.7 Å². The maximum atomic E-state index is 12.9. The van der Waals surface area contributed by atoms with E-state index < -0.39 is 11.9 Å². The van der Waals surface area contributed by atoms with Gasteiger partial charge in [-0.25, -0.2) is 0 Å². The summed E-state index contributed by atoms with van der Waals surface area (Å²) in [7, 11) is 0. The van der Waals surface area contributed by atoms with Gasteiger partial charge in [-0.05, 0) is 65.8 Å². The monoisotopic (exact) mass is 508 g/mol. The van der Waals surface area contributed by atoms with Crippen molar-refractivity contribution in [2.24, 2.45) is 5.92 Å². The number of hydrogen-bond donors (Lipinski definition) is 2. The van der Waals surface area contributed by atoms with Crippen LogP contribution in [0.1, 0.15) is 40.4 Å². The van der Waals surface area contributed by atoms with Crippen LogP contribution >= 0.6 is 0 Å². The highest BCUT2D eigenvalue weighted by atomic mass is 16.5. The minimum Gasteiger partial charge on any atom is -0.493 e. The van der Waals surface area contributed by atoms with Crippen LogP contribution in [0.15, 0.2) is 97.3 Å². The number of carbonyl (C=O) groups excluding carboxylic acids is 1. The molecule has 0 unspecified atom stereocenters. The molecule has 6 nitrogen and oxygen atoms in total. The van der Waals surface area contributed by atoms with E-state index in [1.54, 1.807) is 24.5 Å². The quantitative estimate of drug-likeness (QED) is 0.247. The summed E-state index contributed by atoms with van der Waals surface area (Å²) < 4.78 is 5.92. The highest BCUT2D eigenvalue weighted by molar-refractivity contribution is 5.94. The van der Waals surface area contributed by atoms with Crippen molar-refractivity contribution in [3.05, 3.63) is 120 Å². The van der Waals surface area contributed by atoms with Crippen LogP contribution in [-0.2, 0) is 24.2 Å². The molecule has 0 bridgehead atoms. The van der Waals surface area contributed by atoms with E-state index in [9.17, 15) is 14.7 Å². The van der Waals surface area contributed by atoms with Crippen LogP contribution in [0.25, 0.3) is 11.1 Å². The molecule has 4 aromatic rings. The standard InChI is InChI=1S/C32H32N2O4/c1-2-17-38-30-15-10-24(19-28(32(36)37)18-23-7-4-3-5-8-23)20-29(30)22-34-31(35)26-13-11-25(12-14-26)27-9-6-16-33-21-27/h3-16,20-21,28H,2,17-19,22H2,1H3,(H,34,35)(H,36,37)/t28-/m1/s1. The lowest BCUT2D eigenvalue weighted by Gasteiger charge is -2.16. The molecule has 0 spiro atoms. The van der Waals surface area contributed by atoms with E-state index in [1.165, 1.54) is 0 Å². The minimum absolute atomic E-state index is 0.193. The SMILES string of the molecule is CCCOc1ccc(C[C@@H](Cc2ccccc2)C(=O)O)cc1CNC(=O)c1ccc(-c2cccnc2)cc1. The zero-order valence-corrected chi connectivity index (χ0v) is 21.5. The number of ether oxygens (including phenoxy) is 1. The van der Waals surface area contributed by atoms with Crippen LogP contribution in [0, 0.1) is 5.92 Å². The van der Waals surface area contributed by atoms with Crippen molar-refractivity contribution < 1.29 is 19.4 Å². The lowest BCUT2D eigenvalue weighted by Crippen LogP contribution is -2.23. The Morgan fingerprint density at radius 3 is 2.34 bits per heavy atom. The lowest BCUT2D eigenvalue weighted by atomic mass is 9.92. The number of nitrogens with zero attached hydrogens (tertiary/aromatic N) is 1. The molecule has 0 aliphatic rings. The molecule has 1 heterocycles. The van der Waals surface area contributed by atoms with Gasteiger partial charge in [-0.2, -0.15) is 0 Å². The second-order valence-corrected chi connectivity index (χ2v) is 9.22. The Kier molecular flexibility index (Phi) is 9.24. The van der Waals surface area contributed by atoms with Crippen LogP contribution in [-0.4, -0.2) is 28.6 Å². The van der Waals surface area contributed by atoms with Gasteiger partial charge in [-0.1, -0.05) is 67.6 Å². The zero-order valence-electron chi connectivity index (χ0n) is 21.5. The summed E-state index contributed by atoms with van der Waals surface area (Å²) in [6.07, 6.45) is 5.20. The maximum Gasteiger partial charge on any atom is 0.307 e. The lowest BCUT2D eigenvalue weighted by molar-refractivity contribution is -0.141. The normalized spacial score (nSPS) is 11.5. The van der Waals surface area contributed by atoms with Crippen molar-refractivity contribution in [1.82, 2.24) is 10.3 Å². The van der Waals surface area contributed by atoms with E-state index in [0.717, 1.165) is 34.2 Å². The van der Waals surface area contributed by atoms with Gasteiger partial charge in [-0.3, -0.25) is 14.6 Å². The number of aromatic nitrogens is 1. The van der Waals surface area contributed by atoms with Crippen LogP contribution in [0.4, 0.5) is 0 Å². The predicted octanol–water partition coefficient (Wildman–Crippen LogP) is 5.95. The fourth-order valence-corrected chi connectivity index (χ4v) is 4.31. The molecule has 1 amide bonds. The Hall–Kier alpha value is -4.45. The molecule has 1 aromatic heterocycles. The number of hydrogen-bond acceptors (Lipinski definition) is 4. The zero-order chi connectivity index (χ0) is 26.7. The van der Waals surface area contributed by atoms with E-state index in [0.29, 0.717) is 30.8 Å². The molecule has 194 valence electrons. The summed E-state index contributed by atoms with van der Waals surface area (Å²) in [6.45, 7) is 2.86. The van der Waals surface area contributed by atoms with E-state index >= 15 is 0 Å². The van der Waals surface area contributed by atoms with Gasteiger partial charge in [0.15, 0.2) is 0 Å². The first-order valence-corrected chi connectivity index (χ1v) is 12.8. The fourth-order valence-electron chi connectivity index (χ4n) is 4.31. The van der Waals surface area contributed by atoms with Gasteiger partial charge in [0.1, 0.15) is 5.75 Å². The van der Waals surface area contributed by atoms with E-state index in [-0.39, 0.29) is 12.5 Å². The van der Waals surface area contributed by atoms with Crippen LogP contribution in [0.2, 0.25) is 0 Å². The first kappa shape index (κ1) is 26.6. The smallest absolute Gasteiger partial charge is 0.307 e. The Balaban J connectivity index is 1.46. The van der Waals surface area contributed by atoms with E-state index in [4.69, 9.17) is 4.74 Å². The first-order valence-electron chi connectivity index (χ1n) is 12.8. The summed E-state index contributed by atoms with van der Waals surface area (Å²) in [4.78, 5) is 29.0. The van der Waals surface area contributed by atoms with Crippen molar-refractivity contribution in [3.63, 3.8) is 0 Å². The average Bonchev–Trinajstić information content (AvgIpc) is 2.96. The summed E-state index contributed by atoms with van der Waals surface area (Å²) >= 11 is 0. The van der Waals surface area contributed by atoms with Gasteiger partial charge >= 0.3 is 5.97 Å². The van der Waals surface area contributed by atoms with E-state index in [1.807, 2.05) is 79.7 Å². The molecule has 1 atom stereocenters. The molecule has 0 saturated carbocycles. The van der Waals surface area contributed by atoms with Gasteiger partial charge in [0.25, 0.3) is 5.91 Å². The highest BCUT2D eigenvalue weighted by Crippen LogP contribution is 2.24. The third kappa shape index (κ3) is 7.29. The highest BCUT2D eigenvalue weighted by Gasteiger charge is 2.20. The molecule has 2 N–H and O–H groups in total. The minimum atomic E-state index is -0.829. The number of amides is 1. The molecule has 6 heteroatoms. The Bertz CT molecular complexity index is 1340. The second-order valence-electron chi connectivity index (χ2n) is 9.22. The molecule has 0 radical (unpaired) electrons. The second kappa shape index (κ2) is 13.2. The number of benzene rings is 3. The molecule has 4 rings (SSSR count). The van der Waals surface area contributed by atoms with Crippen LogP contribution in [0.3, 0.4) is 0 Å². The number of aliphatic carboxylic acids is 1. The van der Waals surface area contributed by atoms with Crippen LogP contribution in [0.5, 0.6) is 5.75 Å². The number of nitrogens with one attached hydrogen (secondary N) is 1. The van der Waals surface area contributed by atoms with E-state index in [2.05, 4.69) is 10.3 Å². The van der Waals surface area contributed by atoms with Crippen LogP contribution < -0.4 is 10.1 Å². The fraction of sp³-hybridized carbons (Fsp3) is 0.219. The van der Waals surface area contributed by atoms with Gasteiger partial charge in [-0.15, -0.1) is 0 Å². The van der Waals surface area contributed by atoms with Gasteiger partial charge in [0, 0.05) is 30.1 Å². The summed E-state index contributed by atoms with van der Waals surface area (Å²) in [5.74, 6) is -0.884. The Morgan fingerprint density at radius 2 is 1.66 bits per heavy atom. The summed E-state index contributed by atoms with van der Waals surface area (Å²) in [5, 5.41) is 12.8. The van der Waals surface area contributed by atoms with Crippen molar-refractivity contribution in [2.75, 3.05) is 6.61 Å². The predicted molar refractivity (Wildman–Crippen MR) is 148 cm³/mol. The molecule has 0 aliphatic heterocycles. The molecule has 0 aliphatic carbocycles. The topological polar surface area (TPSA) is 88.5 Å². The number of pyridine rings is 1. The Morgan fingerprint density at radius 1 is 0.895 bits per heavy atom. The average molecular weight is 509 g/mol. The van der Waals surface area contributed by atoms with Crippen molar-refractivity contribution >= 4 is 11.9 Å². The molecule has 3 aromatic carbocycles. The van der Waals surface area contributed by atoms with Crippen molar-refractivity contribution in [1.29, 1.82) is 0 Å². The molecule has 38 heavy (non-hydrogen) atoms. The van der Waals surface area contributed by atoms with Gasteiger partial charge in [0.2, 0.25) is 0 Å². The summed E-state index contributed by atoms with van der Waals surface area (Å²) in [5.41, 5.74) is 5.23. The number of carboxylic acids is 1. The largest absolute Gasteiger partial charge is 0.493 e.